The number of rotatable bonds is 3. The molecule has 1 aromatic carbocycles. The first-order valence-electron chi connectivity index (χ1n) is 5.14. The van der Waals surface area contributed by atoms with Crippen molar-refractivity contribution in [1.82, 2.24) is 14.9 Å². The van der Waals surface area contributed by atoms with Gasteiger partial charge in [-0.1, -0.05) is 39.8 Å². The van der Waals surface area contributed by atoms with Gasteiger partial charge in [0.1, 0.15) is 0 Å². The zero-order chi connectivity index (χ0) is 13.1. The standard InChI is InChI=1S/C11H10BrN5S/c1-7(6-13)18-11-16-15-10(17(11)14)8-3-2-4-9(12)5-8/h2-5,7H,14H2,1H3/t7-/m0/s1. The fourth-order valence-electron chi connectivity index (χ4n) is 1.37. The molecule has 0 saturated carbocycles. The molecule has 0 aliphatic carbocycles. The van der Waals surface area contributed by atoms with Crippen molar-refractivity contribution in [2.45, 2.75) is 17.3 Å². The van der Waals surface area contributed by atoms with Gasteiger partial charge in [0.25, 0.3) is 0 Å². The van der Waals surface area contributed by atoms with Gasteiger partial charge in [-0.15, -0.1) is 10.2 Å². The Morgan fingerprint density at radius 1 is 1.50 bits per heavy atom. The Labute approximate surface area is 117 Å². The number of nitrogens with zero attached hydrogens (tertiary/aromatic N) is 4. The molecular weight excluding hydrogens is 314 g/mol. The summed E-state index contributed by atoms with van der Waals surface area (Å²) in [7, 11) is 0. The van der Waals surface area contributed by atoms with Crippen LogP contribution >= 0.6 is 27.7 Å². The molecule has 0 amide bonds. The molecule has 0 aliphatic rings. The number of thioether (sulfide) groups is 1. The van der Waals surface area contributed by atoms with E-state index < -0.39 is 0 Å². The van der Waals surface area contributed by atoms with E-state index in [0.717, 1.165) is 10.0 Å². The maximum atomic E-state index is 8.77. The molecule has 92 valence electrons. The molecule has 1 atom stereocenters. The molecule has 0 fully saturated rings. The highest BCUT2D eigenvalue weighted by Crippen LogP contribution is 2.25. The molecule has 2 aromatic rings. The first-order chi connectivity index (χ1) is 8.61. The number of nitrogen functional groups attached to an aromatic ring is 1. The number of hydrogen-bond donors (Lipinski definition) is 1. The molecule has 2 N–H and O–H groups in total. The van der Waals surface area contributed by atoms with Crippen LogP contribution in [0.2, 0.25) is 0 Å². The second-order valence-corrected chi connectivity index (χ2v) is 5.80. The predicted molar refractivity (Wildman–Crippen MR) is 74.2 cm³/mol. The van der Waals surface area contributed by atoms with Gasteiger partial charge in [0.2, 0.25) is 5.16 Å². The lowest BCUT2D eigenvalue weighted by Crippen LogP contribution is -2.12. The molecule has 2 rings (SSSR count). The van der Waals surface area contributed by atoms with Crippen LogP contribution in [0.3, 0.4) is 0 Å². The Morgan fingerprint density at radius 2 is 2.28 bits per heavy atom. The summed E-state index contributed by atoms with van der Waals surface area (Å²) in [6.45, 7) is 1.79. The summed E-state index contributed by atoms with van der Waals surface area (Å²) in [5.74, 6) is 6.51. The van der Waals surface area contributed by atoms with Gasteiger partial charge in [-0.25, -0.2) is 4.68 Å². The van der Waals surface area contributed by atoms with Gasteiger partial charge in [-0.3, -0.25) is 0 Å². The van der Waals surface area contributed by atoms with Crippen LogP contribution in [0.1, 0.15) is 6.92 Å². The Balaban J connectivity index is 2.34. The molecule has 18 heavy (non-hydrogen) atoms. The Kier molecular flexibility index (Phi) is 3.89. The highest BCUT2D eigenvalue weighted by Gasteiger charge is 2.14. The maximum Gasteiger partial charge on any atom is 0.211 e. The minimum Gasteiger partial charge on any atom is -0.335 e. The third-order valence-corrected chi connectivity index (χ3v) is 3.65. The van der Waals surface area contributed by atoms with Crippen molar-refractivity contribution < 1.29 is 0 Å². The van der Waals surface area contributed by atoms with Gasteiger partial charge in [0.15, 0.2) is 5.82 Å². The van der Waals surface area contributed by atoms with Gasteiger partial charge in [0, 0.05) is 10.0 Å². The van der Waals surface area contributed by atoms with E-state index in [-0.39, 0.29) is 5.25 Å². The molecule has 0 spiro atoms. The monoisotopic (exact) mass is 323 g/mol. The van der Waals surface area contributed by atoms with Gasteiger partial charge < -0.3 is 5.84 Å². The average Bonchev–Trinajstić information content (AvgIpc) is 2.71. The van der Waals surface area contributed by atoms with Gasteiger partial charge in [0.05, 0.1) is 11.3 Å². The molecular formula is C11H10BrN5S. The smallest absolute Gasteiger partial charge is 0.211 e. The predicted octanol–water partition coefficient (Wildman–Crippen LogP) is 2.43. The Morgan fingerprint density at radius 3 is 2.94 bits per heavy atom. The van der Waals surface area contributed by atoms with Crippen LogP contribution in [0.5, 0.6) is 0 Å². The SMILES string of the molecule is C[C@@H](C#N)Sc1nnc(-c2cccc(Br)c2)n1N. The summed E-state index contributed by atoms with van der Waals surface area (Å²) >= 11 is 4.68. The third kappa shape index (κ3) is 2.66. The minimum atomic E-state index is -0.216. The van der Waals surface area contributed by atoms with Crippen LogP contribution in [0.15, 0.2) is 33.9 Å². The van der Waals surface area contributed by atoms with Crippen molar-refractivity contribution in [3.05, 3.63) is 28.7 Å². The van der Waals surface area contributed by atoms with Gasteiger partial charge in [-0.2, -0.15) is 5.26 Å². The molecule has 1 aromatic heterocycles. The third-order valence-electron chi connectivity index (χ3n) is 2.21. The zero-order valence-corrected chi connectivity index (χ0v) is 11.9. The van der Waals surface area contributed by atoms with Crippen molar-refractivity contribution in [3.63, 3.8) is 0 Å². The van der Waals surface area contributed by atoms with Crippen molar-refractivity contribution in [1.29, 1.82) is 5.26 Å². The van der Waals surface area contributed by atoms with E-state index in [4.69, 9.17) is 11.1 Å². The fourth-order valence-corrected chi connectivity index (χ4v) is 2.42. The van der Waals surface area contributed by atoms with Crippen molar-refractivity contribution in [2.24, 2.45) is 0 Å². The number of nitrogens with two attached hydrogens (primary N) is 1. The number of benzene rings is 1. The van der Waals surface area contributed by atoms with Crippen molar-refractivity contribution in [2.75, 3.05) is 5.84 Å². The average molecular weight is 324 g/mol. The summed E-state index contributed by atoms with van der Waals surface area (Å²) in [4.78, 5) is 0. The second-order valence-electron chi connectivity index (χ2n) is 3.58. The second kappa shape index (κ2) is 5.42. The van der Waals surface area contributed by atoms with Crippen molar-refractivity contribution in [3.8, 4) is 17.5 Å². The topological polar surface area (TPSA) is 80.5 Å². The van der Waals surface area contributed by atoms with Crippen LogP contribution in [-0.2, 0) is 0 Å². The largest absolute Gasteiger partial charge is 0.335 e. The van der Waals surface area contributed by atoms with Crippen LogP contribution < -0.4 is 5.84 Å². The Bertz CT molecular complexity index is 604. The summed E-state index contributed by atoms with van der Waals surface area (Å²) in [6, 6.07) is 9.76. The molecule has 5 nitrogen and oxygen atoms in total. The molecule has 0 unspecified atom stereocenters. The molecule has 0 saturated heterocycles. The lowest BCUT2D eigenvalue weighted by Gasteiger charge is -2.04. The van der Waals surface area contributed by atoms with Gasteiger partial charge >= 0.3 is 0 Å². The van der Waals surface area contributed by atoms with E-state index in [1.165, 1.54) is 16.4 Å². The quantitative estimate of drug-likeness (QED) is 0.693. The van der Waals surface area contributed by atoms with Crippen LogP contribution in [0, 0.1) is 11.3 Å². The van der Waals surface area contributed by atoms with E-state index in [9.17, 15) is 0 Å². The minimum absolute atomic E-state index is 0.216. The van der Waals surface area contributed by atoms with E-state index >= 15 is 0 Å². The Hall–Kier alpha value is -1.52. The highest BCUT2D eigenvalue weighted by molar-refractivity contribution is 9.10. The van der Waals surface area contributed by atoms with Crippen LogP contribution in [0.4, 0.5) is 0 Å². The first kappa shape index (κ1) is 12.9. The number of hydrogen-bond acceptors (Lipinski definition) is 5. The van der Waals surface area contributed by atoms with E-state index in [2.05, 4.69) is 32.2 Å². The summed E-state index contributed by atoms with van der Waals surface area (Å²) in [5.41, 5.74) is 0.871. The first-order valence-corrected chi connectivity index (χ1v) is 6.82. The molecule has 0 aliphatic heterocycles. The van der Waals surface area contributed by atoms with Crippen LogP contribution in [0.25, 0.3) is 11.4 Å². The highest BCUT2D eigenvalue weighted by atomic mass is 79.9. The lowest BCUT2D eigenvalue weighted by molar-refractivity contribution is 0.847. The molecule has 0 bridgehead atoms. The van der Waals surface area contributed by atoms with E-state index in [0.29, 0.717) is 11.0 Å². The maximum absolute atomic E-state index is 8.77. The number of nitriles is 1. The van der Waals surface area contributed by atoms with Crippen molar-refractivity contribution >= 4 is 27.7 Å². The molecule has 7 heteroatoms. The van der Waals surface area contributed by atoms with Gasteiger partial charge in [-0.05, 0) is 19.1 Å². The summed E-state index contributed by atoms with van der Waals surface area (Å²) in [5, 5.41) is 17.1. The van der Waals surface area contributed by atoms with E-state index in [1.807, 2.05) is 24.3 Å². The summed E-state index contributed by atoms with van der Waals surface area (Å²) in [6.07, 6.45) is 0. The summed E-state index contributed by atoms with van der Waals surface area (Å²) < 4.78 is 2.35. The molecule has 0 radical (unpaired) electrons. The normalized spacial score (nSPS) is 12.1. The van der Waals surface area contributed by atoms with E-state index in [1.54, 1.807) is 6.92 Å². The zero-order valence-electron chi connectivity index (χ0n) is 9.54. The number of halogens is 1. The fraction of sp³-hybridized carbons (Fsp3) is 0.182. The lowest BCUT2D eigenvalue weighted by atomic mass is 10.2. The number of aromatic nitrogens is 3. The molecule has 1 heterocycles. The van der Waals surface area contributed by atoms with Crippen LogP contribution in [-0.4, -0.2) is 20.1 Å².